The Morgan fingerprint density at radius 3 is 2.90 bits per heavy atom. The molecule has 1 N–H and O–H groups in total. The van der Waals surface area contributed by atoms with Gasteiger partial charge in [-0.05, 0) is 54.9 Å². The highest BCUT2D eigenvalue weighted by Crippen LogP contribution is 2.31. The predicted molar refractivity (Wildman–Crippen MR) is 117 cm³/mol. The van der Waals surface area contributed by atoms with Crippen LogP contribution in [0.15, 0.2) is 52.2 Å². The Bertz CT molecular complexity index is 1180. The molecule has 3 heterocycles. The molecule has 11 heteroatoms. The van der Waals surface area contributed by atoms with Crippen molar-refractivity contribution < 1.29 is 9.72 Å². The summed E-state index contributed by atoms with van der Waals surface area (Å²) >= 11 is 7.20. The average molecular weight is 443 g/mol. The van der Waals surface area contributed by atoms with E-state index in [-0.39, 0.29) is 22.1 Å². The summed E-state index contributed by atoms with van der Waals surface area (Å²) in [7, 11) is 0. The fraction of sp³-hybridized carbons (Fsp3) is 0.158. The molecule has 0 saturated heterocycles. The minimum absolute atomic E-state index is 0.0363. The minimum Gasteiger partial charge on any atom is -0.317 e. The second kappa shape index (κ2) is 7.88. The monoisotopic (exact) mass is 442 g/mol. The number of hydrazone groups is 1. The van der Waals surface area contributed by atoms with Crippen molar-refractivity contribution in [2.24, 2.45) is 10.1 Å². The highest BCUT2D eigenvalue weighted by Gasteiger charge is 2.35. The first-order chi connectivity index (χ1) is 14.4. The molecule has 1 aromatic heterocycles. The molecule has 0 aliphatic carbocycles. The number of hydrogen-bond donors (Lipinski definition) is 1. The van der Waals surface area contributed by atoms with Crippen LogP contribution in [0.25, 0.3) is 11.8 Å². The zero-order valence-corrected chi connectivity index (χ0v) is 17.3. The fourth-order valence-corrected chi connectivity index (χ4v) is 4.21. The van der Waals surface area contributed by atoms with Gasteiger partial charge in [-0.3, -0.25) is 20.3 Å². The Morgan fingerprint density at radius 1 is 1.37 bits per heavy atom. The van der Waals surface area contributed by atoms with Crippen molar-refractivity contribution in [3.63, 3.8) is 0 Å². The number of rotatable bonds is 5. The third-order valence-electron chi connectivity index (χ3n) is 4.44. The molecular formula is C19H15ClN6O3S. The van der Waals surface area contributed by atoms with Gasteiger partial charge >= 0.3 is 0 Å². The largest absolute Gasteiger partial charge is 0.317 e. The number of fused-ring (bicyclic) bond motifs is 1. The number of hydrogen-bond acceptors (Lipinski definition) is 6. The van der Waals surface area contributed by atoms with Crippen LogP contribution >= 0.6 is 23.4 Å². The maximum atomic E-state index is 12.6. The number of thioether (sulfide) groups is 1. The standard InChI is InChI=1S/C19H15ClN6O3S/c1-2-4-16-23-25-17(21)13(18(27)22-19(25)30-16)9-11-5-3-8-24(11)12-6-7-14(20)15(10-12)26(28)29/h3,5-10,21H,2,4H2,1H3/b13-9+,21-17?. The van der Waals surface area contributed by atoms with Crippen LogP contribution in [0.4, 0.5) is 5.69 Å². The maximum absolute atomic E-state index is 12.6. The highest BCUT2D eigenvalue weighted by atomic mass is 35.5. The number of nitrogens with one attached hydrogen (secondary N) is 1. The van der Waals surface area contributed by atoms with E-state index in [1.165, 1.54) is 35.0 Å². The molecule has 0 atom stereocenters. The summed E-state index contributed by atoms with van der Waals surface area (Å²) in [6.45, 7) is 2.03. The summed E-state index contributed by atoms with van der Waals surface area (Å²) in [6.07, 6.45) is 4.88. The first kappa shape index (κ1) is 20.0. The number of halogens is 1. The Hall–Kier alpha value is -3.24. The molecule has 30 heavy (non-hydrogen) atoms. The fourth-order valence-electron chi connectivity index (χ4n) is 3.03. The number of nitro groups is 1. The lowest BCUT2D eigenvalue weighted by atomic mass is 10.1. The Kier molecular flexibility index (Phi) is 5.27. The second-order valence-electron chi connectivity index (χ2n) is 6.46. The van der Waals surface area contributed by atoms with Crippen LogP contribution in [-0.2, 0) is 4.79 Å². The number of aliphatic imine (C=N–C) groups is 1. The average Bonchev–Trinajstić information content (AvgIpc) is 3.32. The highest BCUT2D eigenvalue weighted by molar-refractivity contribution is 8.26. The molecule has 0 spiro atoms. The van der Waals surface area contributed by atoms with E-state index in [0.717, 1.165) is 17.9 Å². The molecule has 1 amide bonds. The van der Waals surface area contributed by atoms with Crippen LogP contribution in [0.2, 0.25) is 5.02 Å². The number of amidine groups is 2. The summed E-state index contributed by atoms with van der Waals surface area (Å²) < 4.78 is 1.67. The number of carbonyl (C=O) groups excluding carboxylic acids is 1. The van der Waals surface area contributed by atoms with Crippen LogP contribution < -0.4 is 0 Å². The van der Waals surface area contributed by atoms with E-state index in [1.54, 1.807) is 29.0 Å². The SMILES string of the molecule is CCCC1=NN2C(=N)/C(=C\c3cccn3-c3ccc(Cl)c([N+](=O)[O-])c3)C(=O)N=C2S1. The van der Waals surface area contributed by atoms with Crippen LogP contribution in [0, 0.1) is 15.5 Å². The van der Waals surface area contributed by atoms with E-state index in [2.05, 4.69) is 10.1 Å². The Balaban J connectivity index is 1.72. The van der Waals surface area contributed by atoms with E-state index in [4.69, 9.17) is 17.0 Å². The predicted octanol–water partition coefficient (Wildman–Crippen LogP) is 4.46. The number of amides is 1. The summed E-state index contributed by atoms with van der Waals surface area (Å²) in [5.41, 5.74) is 0.929. The molecule has 0 bridgehead atoms. The topological polar surface area (TPSA) is 117 Å². The smallest absolute Gasteiger partial charge is 0.289 e. The summed E-state index contributed by atoms with van der Waals surface area (Å²) in [5, 5.41) is 26.6. The molecular weight excluding hydrogens is 428 g/mol. The lowest BCUT2D eigenvalue weighted by Crippen LogP contribution is -2.35. The number of aromatic nitrogens is 1. The molecule has 4 rings (SSSR count). The molecule has 9 nitrogen and oxygen atoms in total. The van der Waals surface area contributed by atoms with Gasteiger partial charge in [0.15, 0.2) is 5.84 Å². The van der Waals surface area contributed by atoms with Gasteiger partial charge in [-0.15, -0.1) is 0 Å². The van der Waals surface area contributed by atoms with Crippen molar-refractivity contribution in [2.75, 3.05) is 0 Å². The van der Waals surface area contributed by atoms with E-state index in [0.29, 0.717) is 16.5 Å². The maximum Gasteiger partial charge on any atom is 0.289 e. The first-order valence-electron chi connectivity index (χ1n) is 8.99. The van der Waals surface area contributed by atoms with Gasteiger partial charge in [0, 0.05) is 18.0 Å². The molecule has 0 saturated carbocycles. The molecule has 0 fully saturated rings. The van der Waals surface area contributed by atoms with Crippen LogP contribution in [0.5, 0.6) is 0 Å². The molecule has 2 aromatic rings. The number of carbonyl (C=O) groups is 1. The van der Waals surface area contributed by atoms with Gasteiger partial charge in [0.25, 0.3) is 11.6 Å². The zero-order chi connectivity index (χ0) is 21.4. The van der Waals surface area contributed by atoms with Gasteiger partial charge in [-0.25, -0.2) is 0 Å². The second-order valence-corrected chi connectivity index (χ2v) is 7.91. The van der Waals surface area contributed by atoms with Crippen LogP contribution in [0.1, 0.15) is 25.5 Å². The Morgan fingerprint density at radius 2 is 2.17 bits per heavy atom. The lowest BCUT2D eigenvalue weighted by Gasteiger charge is -2.20. The van der Waals surface area contributed by atoms with Crippen molar-refractivity contribution in [1.82, 2.24) is 9.58 Å². The third kappa shape index (κ3) is 3.55. The number of nitro benzene ring substituents is 1. The van der Waals surface area contributed by atoms with Gasteiger partial charge < -0.3 is 4.57 Å². The summed E-state index contributed by atoms with van der Waals surface area (Å²) in [6, 6.07) is 7.91. The van der Waals surface area contributed by atoms with Crippen molar-refractivity contribution in [3.8, 4) is 5.69 Å². The molecule has 2 aliphatic heterocycles. The van der Waals surface area contributed by atoms with Crippen molar-refractivity contribution >= 4 is 57.1 Å². The van der Waals surface area contributed by atoms with E-state index < -0.39 is 10.8 Å². The third-order valence-corrected chi connectivity index (χ3v) is 5.73. The first-order valence-corrected chi connectivity index (χ1v) is 10.2. The van der Waals surface area contributed by atoms with E-state index >= 15 is 0 Å². The summed E-state index contributed by atoms with van der Waals surface area (Å²) in [5.74, 6) is -0.583. The molecule has 2 aliphatic rings. The number of nitrogens with zero attached hydrogens (tertiary/aromatic N) is 5. The quantitative estimate of drug-likeness (QED) is 0.416. The molecule has 1 aromatic carbocycles. The van der Waals surface area contributed by atoms with Crippen molar-refractivity contribution in [2.45, 2.75) is 19.8 Å². The minimum atomic E-state index is -0.555. The number of benzene rings is 1. The van der Waals surface area contributed by atoms with Gasteiger partial charge in [-0.1, -0.05) is 18.5 Å². The van der Waals surface area contributed by atoms with Gasteiger partial charge in [0.2, 0.25) is 5.17 Å². The zero-order valence-electron chi connectivity index (χ0n) is 15.7. The lowest BCUT2D eigenvalue weighted by molar-refractivity contribution is -0.384. The van der Waals surface area contributed by atoms with Gasteiger partial charge in [0.1, 0.15) is 10.1 Å². The van der Waals surface area contributed by atoms with Crippen molar-refractivity contribution in [3.05, 3.63) is 62.9 Å². The van der Waals surface area contributed by atoms with Gasteiger partial charge in [-0.2, -0.15) is 15.1 Å². The molecule has 152 valence electrons. The van der Waals surface area contributed by atoms with E-state index in [1.807, 2.05) is 6.92 Å². The van der Waals surface area contributed by atoms with Crippen LogP contribution in [0.3, 0.4) is 0 Å². The summed E-state index contributed by atoms with van der Waals surface area (Å²) in [4.78, 5) is 27.3. The van der Waals surface area contributed by atoms with Crippen LogP contribution in [-0.4, -0.2) is 36.5 Å². The van der Waals surface area contributed by atoms with Crippen molar-refractivity contribution in [1.29, 1.82) is 5.41 Å². The molecule has 0 unspecified atom stereocenters. The van der Waals surface area contributed by atoms with Gasteiger partial charge in [0.05, 0.1) is 16.2 Å². The Labute approximate surface area is 180 Å². The van der Waals surface area contributed by atoms with E-state index in [9.17, 15) is 14.9 Å². The molecule has 0 radical (unpaired) electrons. The normalized spacial score (nSPS) is 17.3.